The van der Waals surface area contributed by atoms with Gasteiger partial charge in [-0.15, -0.1) is 0 Å². The highest BCUT2D eigenvalue weighted by Gasteiger charge is 2.30. The van der Waals surface area contributed by atoms with E-state index in [9.17, 15) is 4.79 Å². The van der Waals surface area contributed by atoms with Crippen LogP contribution in [0.25, 0.3) is 0 Å². The van der Waals surface area contributed by atoms with Gasteiger partial charge in [0.2, 0.25) is 0 Å². The molecule has 1 aromatic carbocycles. The molecule has 1 N–H and O–H groups in total. The van der Waals surface area contributed by atoms with Gasteiger partial charge in [0.25, 0.3) is 0 Å². The summed E-state index contributed by atoms with van der Waals surface area (Å²) in [4.78, 5) is 14.8. The maximum absolute atomic E-state index is 12.8. The minimum atomic E-state index is -0.494. The van der Waals surface area contributed by atoms with Gasteiger partial charge in [0.1, 0.15) is 0 Å². The third-order valence-corrected chi connectivity index (χ3v) is 4.88. The molecule has 2 amide bonds. The number of carbonyl (C=O) groups is 1. The first-order valence-electron chi connectivity index (χ1n) is 8.74. The first-order valence-corrected chi connectivity index (χ1v) is 8.74. The molecule has 1 unspecified atom stereocenters. The molecule has 24 heavy (non-hydrogen) atoms. The number of nitrogens with one attached hydrogen (secondary N) is 1. The second kappa shape index (κ2) is 7.77. The molecule has 1 aliphatic rings. The van der Waals surface area contributed by atoms with Gasteiger partial charge >= 0.3 is 6.03 Å². The molecule has 1 heterocycles. The van der Waals surface area contributed by atoms with Crippen LogP contribution in [0, 0.1) is 0 Å². The van der Waals surface area contributed by atoms with Crippen LogP contribution in [-0.4, -0.2) is 37.7 Å². The predicted octanol–water partition coefficient (Wildman–Crippen LogP) is 3.91. The zero-order valence-electron chi connectivity index (χ0n) is 15.5. The van der Waals surface area contributed by atoms with Crippen molar-refractivity contribution in [2.24, 2.45) is 0 Å². The Kier molecular flexibility index (Phi) is 5.97. The van der Waals surface area contributed by atoms with Crippen molar-refractivity contribution in [1.29, 1.82) is 0 Å². The van der Waals surface area contributed by atoms with Gasteiger partial charge in [-0.25, -0.2) is 4.79 Å². The van der Waals surface area contributed by atoms with E-state index in [4.69, 9.17) is 9.47 Å². The van der Waals surface area contributed by atoms with Crippen LogP contribution in [0.1, 0.15) is 52.0 Å². The smallest absolute Gasteiger partial charge is 0.318 e. The Bertz CT molecular complexity index is 572. The number of carbonyl (C=O) groups excluding carboxylic acids is 1. The molecule has 1 aliphatic heterocycles. The van der Waals surface area contributed by atoms with Gasteiger partial charge in [-0.1, -0.05) is 13.0 Å². The highest BCUT2D eigenvalue weighted by Crippen LogP contribution is 2.32. The van der Waals surface area contributed by atoms with Crippen molar-refractivity contribution in [1.82, 2.24) is 10.2 Å². The maximum Gasteiger partial charge on any atom is 0.318 e. The largest absolute Gasteiger partial charge is 0.493 e. The fourth-order valence-corrected chi connectivity index (χ4v) is 3.33. The van der Waals surface area contributed by atoms with E-state index < -0.39 is 5.54 Å². The third kappa shape index (κ3) is 3.94. The summed E-state index contributed by atoms with van der Waals surface area (Å²) in [5.74, 6) is 1.35. The van der Waals surface area contributed by atoms with Crippen LogP contribution in [0.2, 0.25) is 0 Å². The van der Waals surface area contributed by atoms with Gasteiger partial charge in [0, 0.05) is 12.6 Å². The van der Waals surface area contributed by atoms with Crippen LogP contribution >= 0.6 is 0 Å². The lowest BCUT2D eigenvalue weighted by atomic mass is 9.93. The van der Waals surface area contributed by atoms with E-state index in [1.165, 1.54) is 6.42 Å². The van der Waals surface area contributed by atoms with E-state index in [-0.39, 0.29) is 6.03 Å². The summed E-state index contributed by atoms with van der Waals surface area (Å²) >= 11 is 0. The van der Waals surface area contributed by atoms with Crippen molar-refractivity contribution >= 4 is 6.03 Å². The Morgan fingerprint density at radius 1 is 1.25 bits per heavy atom. The van der Waals surface area contributed by atoms with Gasteiger partial charge in [-0.3, -0.25) is 0 Å². The highest BCUT2D eigenvalue weighted by molar-refractivity contribution is 5.75. The van der Waals surface area contributed by atoms with E-state index in [0.29, 0.717) is 17.5 Å². The second-order valence-electron chi connectivity index (χ2n) is 6.88. The number of rotatable bonds is 5. The van der Waals surface area contributed by atoms with Gasteiger partial charge in [-0.2, -0.15) is 0 Å². The zero-order valence-corrected chi connectivity index (χ0v) is 15.5. The lowest BCUT2D eigenvalue weighted by Crippen LogP contribution is -2.53. The zero-order chi connectivity index (χ0) is 17.7. The molecule has 0 aromatic heterocycles. The number of piperidine rings is 1. The molecule has 134 valence electrons. The second-order valence-corrected chi connectivity index (χ2v) is 6.88. The van der Waals surface area contributed by atoms with E-state index in [1.807, 2.05) is 36.9 Å². The quantitative estimate of drug-likeness (QED) is 0.888. The molecule has 1 fully saturated rings. The monoisotopic (exact) mass is 334 g/mol. The number of likely N-dealkylation sites (tertiary alicyclic amines) is 1. The summed E-state index contributed by atoms with van der Waals surface area (Å²) in [5.41, 5.74) is 0.491. The Morgan fingerprint density at radius 2 is 1.96 bits per heavy atom. The van der Waals surface area contributed by atoms with E-state index >= 15 is 0 Å². The lowest BCUT2D eigenvalue weighted by Gasteiger charge is -2.38. The number of nitrogens with zero attached hydrogens (tertiary/aromatic N) is 1. The molecule has 0 aliphatic carbocycles. The topological polar surface area (TPSA) is 50.8 Å². The molecular weight excluding hydrogens is 304 g/mol. The van der Waals surface area contributed by atoms with Crippen molar-refractivity contribution in [3.63, 3.8) is 0 Å². The van der Waals surface area contributed by atoms with Crippen LogP contribution in [0.3, 0.4) is 0 Å². The van der Waals surface area contributed by atoms with Crippen molar-refractivity contribution in [3.8, 4) is 11.5 Å². The number of ether oxygens (including phenoxy) is 2. The van der Waals surface area contributed by atoms with Gasteiger partial charge < -0.3 is 19.7 Å². The van der Waals surface area contributed by atoms with Crippen LogP contribution in [0.5, 0.6) is 11.5 Å². The number of urea groups is 1. The van der Waals surface area contributed by atoms with Crippen LogP contribution in [0.4, 0.5) is 4.79 Å². The first kappa shape index (κ1) is 18.4. The van der Waals surface area contributed by atoms with E-state index in [2.05, 4.69) is 12.2 Å². The summed E-state index contributed by atoms with van der Waals surface area (Å²) in [6.07, 6.45) is 4.40. The summed E-state index contributed by atoms with van der Waals surface area (Å²) in [5, 5.41) is 3.19. The van der Waals surface area contributed by atoms with Crippen molar-refractivity contribution in [2.75, 3.05) is 20.8 Å². The van der Waals surface area contributed by atoms with Crippen molar-refractivity contribution in [3.05, 3.63) is 23.8 Å². The summed E-state index contributed by atoms with van der Waals surface area (Å²) < 4.78 is 10.7. The normalized spacial score (nSPS) is 18.2. The Balaban J connectivity index is 2.16. The number of hydrogen-bond donors (Lipinski definition) is 1. The third-order valence-electron chi connectivity index (χ3n) is 4.88. The molecule has 0 radical (unpaired) electrons. The molecule has 0 saturated carbocycles. The van der Waals surface area contributed by atoms with Crippen LogP contribution < -0.4 is 14.8 Å². The molecular formula is C19H30N2O3. The summed E-state index contributed by atoms with van der Waals surface area (Å²) in [7, 11) is 3.23. The fourth-order valence-electron chi connectivity index (χ4n) is 3.33. The molecule has 5 nitrogen and oxygen atoms in total. The average Bonchev–Trinajstić information content (AvgIpc) is 2.60. The lowest BCUT2D eigenvalue weighted by molar-refractivity contribution is 0.140. The van der Waals surface area contributed by atoms with E-state index in [0.717, 1.165) is 31.4 Å². The average molecular weight is 334 g/mol. The molecule has 1 aromatic rings. The summed E-state index contributed by atoms with van der Waals surface area (Å²) in [6.45, 7) is 7.01. The Hall–Kier alpha value is -1.91. The maximum atomic E-state index is 12.8. The molecule has 2 rings (SSSR count). The number of amides is 2. The number of hydrogen-bond acceptors (Lipinski definition) is 3. The molecule has 1 atom stereocenters. The highest BCUT2D eigenvalue weighted by atomic mass is 16.5. The van der Waals surface area contributed by atoms with Crippen molar-refractivity contribution in [2.45, 2.75) is 58.0 Å². The van der Waals surface area contributed by atoms with Gasteiger partial charge in [-0.05, 0) is 57.2 Å². The number of benzene rings is 1. The van der Waals surface area contributed by atoms with Crippen LogP contribution in [-0.2, 0) is 5.54 Å². The standard InChI is InChI=1S/C19H30N2O3/c1-6-15-9-7-8-12-21(15)18(22)20-19(2,3)14-10-11-16(23-4)17(13-14)24-5/h10-11,13,15H,6-9,12H2,1-5H3,(H,20,22). The van der Waals surface area contributed by atoms with E-state index in [1.54, 1.807) is 14.2 Å². The van der Waals surface area contributed by atoms with Gasteiger partial charge in [0.05, 0.1) is 19.8 Å². The predicted molar refractivity (Wildman–Crippen MR) is 95.7 cm³/mol. The van der Waals surface area contributed by atoms with Crippen LogP contribution in [0.15, 0.2) is 18.2 Å². The Labute approximate surface area is 145 Å². The van der Waals surface area contributed by atoms with Crippen molar-refractivity contribution < 1.29 is 14.3 Å². The summed E-state index contributed by atoms with van der Waals surface area (Å²) in [6, 6.07) is 6.13. The molecule has 0 spiro atoms. The fraction of sp³-hybridized carbons (Fsp3) is 0.632. The molecule has 5 heteroatoms. The SMILES string of the molecule is CCC1CCCCN1C(=O)NC(C)(C)c1ccc(OC)c(OC)c1. The minimum Gasteiger partial charge on any atom is -0.493 e. The number of methoxy groups -OCH3 is 2. The van der Waals surface area contributed by atoms with Gasteiger partial charge in [0.15, 0.2) is 11.5 Å². The first-order chi connectivity index (χ1) is 11.4. The molecule has 1 saturated heterocycles. The molecule has 0 bridgehead atoms. The Morgan fingerprint density at radius 3 is 2.58 bits per heavy atom. The minimum absolute atomic E-state index is 0.0151.